The van der Waals surface area contributed by atoms with Crippen molar-refractivity contribution in [2.45, 2.75) is 67.7 Å². The van der Waals surface area contributed by atoms with Gasteiger partial charge in [0.05, 0.1) is 17.1 Å². The first-order chi connectivity index (χ1) is 17.4. The third-order valence-corrected chi connectivity index (χ3v) is 5.38. The van der Waals surface area contributed by atoms with E-state index in [2.05, 4.69) is 41.4 Å². The molecular formula is C27H38N8O2. The molecule has 0 bridgehead atoms. The molecule has 0 aliphatic carbocycles. The fourth-order valence-corrected chi connectivity index (χ4v) is 3.14. The molecule has 198 valence electrons. The van der Waals surface area contributed by atoms with Crippen LogP contribution in [-0.2, 0) is 35.8 Å². The lowest BCUT2D eigenvalue weighted by Gasteiger charge is -2.17. The van der Waals surface area contributed by atoms with Gasteiger partial charge in [0.2, 0.25) is 11.8 Å². The van der Waals surface area contributed by atoms with Gasteiger partial charge in [-0.3, -0.25) is 14.7 Å². The van der Waals surface area contributed by atoms with Crippen molar-refractivity contribution in [1.29, 1.82) is 0 Å². The van der Waals surface area contributed by atoms with Gasteiger partial charge >= 0.3 is 0 Å². The van der Waals surface area contributed by atoms with Crippen molar-refractivity contribution in [3.63, 3.8) is 0 Å². The summed E-state index contributed by atoms with van der Waals surface area (Å²) in [5, 5.41) is 19.8. The average molecular weight is 507 g/mol. The number of rotatable bonds is 10. The monoisotopic (exact) mass is 506 g/mol. The number of hydrogen-bond donors (Lipinski definition) is 5. The molecule has 0 spiro atoms. The van der Waals surface area contributed by atoms with Crippen LogP contribution in [0.2, 0.25) is 0 Å². The number of carbonyl (C=O) groups excluding carboxylic acids is 2. The highest BCUT2D eigenvalue weighted by molar-refractivity contribution is 5.94. The second kappa shape index (κ2) is 12.1. The minimum absolute atomic E-state index is 0.0699. The van der Waals surface area contributed by atoms with E-state index in [1.165, 1.54) is 0 Å². The van der Waals surface area contributed by atoms with Crippen molar-refractivity contribution < 1.29 is 9.59 Å². The molecule has 5 N–H and O–H groups in total. The van der Waals surface area contributed by atoms with Crippen LogP contribution in [0, 0.1) is 10.8 Å². The van der Waals surface area contributed by atoms with Crippen LogP contribution in [0.3, 0.4) is 0 Å². The third-order valence-electron chi connectivity index (χ3n) is 5.38. The summed E-state index contributed by atoms with van der Waals surface area (Å²) < 4.78 is 0. The van der Waals surface area contributed by atoms with E-state index in [4.69, 9.17) is 0 Å². The highest BCUT2D eigenvalue weighted by Gasteiger charge is 2.22. The lowest BCUT2D eigenvalue weighted by atomic mass is 9.96. The zero-order valence-electron chi connectivity index (χ0n) is 22.5. The maximum absolute atomic E-state index is 12.2. The van der Waals surface area contributed by atoms with Gasteiger partial charge in [0.25, 0.3) is 0 Å². The molecule has 0 unspecified atom stereocenters. The fourth-order valence-electron chi connectivity index (χ4n) is 3.14. The first-order valence-corrected chi connectivity index (χ1v) is 12.4. The smallest absolute Gasteiger partial charge is 0.230 e. The molecule has 2 amide bonds. The zero-order valence-corrected chi connectivity index (χ0v) is 22.5. The van der Waals surface area contributed by atoms with Crippen LogP contribution in [-0.4, -0.2) is 32.0 Å². The molecule has 37 heavy (non-hydrogen) atoms. The van der Waals surface area contributed by atoms with Crippen LogP contribution in [0.4, 0.5) is 11.6 Å². The zero-order chi connectivity index (χ0) is 27.1. The van der Waals surface area contributed by atoms with E-state index < -0.39 is 10.8 Å². The molecule has 0 saturated heterocycles. The molecular weight excluding hydrogens is 468 g/mol. The number of aromatic nitrogens is 4. The van der Waals surface area contributed by atoms with E-state index in [0.29, 0.717) is 37.8 Å². The SMILES string of the molecule is CC(C)(C)C(=O)Nc1cccc(CNCc2cc(CNCc3cccc(NC(=O)C(C)(C)C)n3)[nH]n2)n1. The Labute approximate surface area is 218 Å². The van der Waals surface area contributed by atoms with E-state index in [0.717, 1.165) is 22.8 Å². The van der Waals surface area contributed by atoms with Crippen LogP contribution >= 0.6 is 0 Å². The van der Waals surface area contributed by atoms with Gasteiger partial charge in [0, 0.05) is 42.7 Å². The first kappa shape index (κ1) is 27.9. The molecule has 0 aromatic carbocycles. The quantitative estimate of drug-likeness (QED) is 0.282. The number of aromatic amines is 1. The summed E-state index contributed by atoms with van der Waals surface area (Å²) >= 11 is 0. The van der Waals surface area contributed by atoms with Crippen molar-refractivity contribution in [3.8, 4) is 0 Å². The van der Waals surface area contributed by atoms with Gasteiger partial charge in [0.15, 0.2) is 0 Å². The van der Waals surface area contributed by atoms with Gasteiger partial charge in [-0.1, -0.05) is 53.7 Å². The number of amides is 2. The Morgan fingerprint density at radius 1 is 0.703 bits per heavy atom. The Morgan fingerprint density at radius 3 is 1.65 bits per heavy atom. The van der Waals surface area contributed by atoms with Crippen LogP contribution in [0.1, 0.15) is 64.3 Å². The summed E-state index contributed by atoms with van der Waals surface area (Å²) in [7, 11) is 0. The molecule has 0 aliphatic heterocycles. The van der Waals surface area contributed by atoms with E-state index in [1.54, 1.807) is 12.1 Å². The summed E-state index contributed by atoms with van der Waals surface area (Å²) in [5.74, 6) is 0.952. The normalized spacial score (nSPS) is 11.8. The average Bonchev–Trinajstić information content (AvgIpc) is 3.26. The van der Waals surface area contributed by atoms with Crippen LogP contribution in [0.25, 0.3) is 0 Å². The van der Waals surface area contributed by atoms with Crippen LogP contribution in [0.5, 0.6) is 0 Å². The number of nitrogens with zero attached hydrogens (tertiary/aromatic N) is 3. The van der Waals surface area contributed by atoms with Gasteiger partial charge in [-0.05, 0) is 30.3 Å². The first-order valence-electron chi connectivity index (χ1n) is 12.4. The van der Waals surface area contributed by atoms with E-state index in [-0.39, 0.29) is 11.8 Å². The number of H-pyrrole nitrogens is 1. The topological polar surface area (TPSA) is 137 Å². The molecule has 3 rings (SSSR count). The summed E-state index contributed by atoms with van der Waals surface area (Å²) in [6.45, 7) is 13.5. The highest BCUT2D eigenvalue weighted by Crippen LogP contribution is 2.17. The standard InChI is InChI=1S/C27H38N8O2/c1-26(2,3)24(36)32-22-11-7-9-18(30-22)14-28-16-20-13-21(35-34-20)17-29-15-19-10-8-12-23(31-19)33-25(37)27(4,5)6/h7-13,28-29H,14-17H2,1-6H3,(H,34,35)(H,30,32,36)(H,31,33,37). The summed E-state index contributed by atoms with van der Waals surface area (Å²) in [5.41, 5.74) is 2.55. The maximum atomic E-state index is 12.2. The summed E-state index contributed by atoms with van der Waals surface area (Å²) in [6.07, 6.45) is 0. The Morgan fingerprint density at radius 2 is 1.16 bits per heavy atom. The lowest BCUT2D eigenvalue weighted by molar-refractivity contribution is -0.123. The van der Waals surface area contributed by atoms with Gasteiger partial charge in [-0.25, -0.2) is 9.97 Å². The Kier molecular flexibility index (Phi) is 9.12. The number of anilines is 2. The Hall–Kier alpha value is -3.63. The lowest BCUT2D eigenvalue weighted by Crippen LogP contribution is -2.28. The van der Waals surface area contributed by atoms with E-state index in [9.17, 15) is 9.59 Å². The molecule has 0 saturated carbocycles. The number of pyridine rings is 2. The highest BCUT2D eigenvalue weighted by atomic mass is 16.2. The third kappa shape index (κ3) is 9.07. The van der Waals surface area contributed by atoms with Gasteiger partial charge in [0.1, 0.15) is 11.6 Å². The van der Waals surface area contributed by atoms with Gasteiger partial charge in [-0.15, -0.1) is 0 Å². The number of nitrogens with one attached hydrogen (secondary N) is 5. The van der Waals surface area contributed by atoms with Crippen LogP contribution in [0.15, 0.2) is 42.5 Å². The minimum Gasteiger partial charge on any atom is -0.310 e. The largest absolute Gasteiger partial charge is 0.310 e. The van der Waals surface area contributed by atoms with Crippen molar-refractivity contribution >= 4 is 23.5 Å². The number of hydrogen-bond acceptors (Lipinski definition) is 7. The molecule has 0 fully saturated rings. The molecule has 0 radical (unpaired) electrons. The van der Waals surface area contributed by atoms with Crippen molar-refractivity contribution in [2.24, 2.45) is 10.8 Å². The molecule has 10 heteroatoms. The maximum Gasteiger partial charge on any atom is 0.230 e. The minimum atomic E-state index is -0.479. The van der Waals surface area contributed by atoms with Gasteiger partial charge < -0.3 is 21.3 Å². The van der Waals surface area contributed by atoms with Crippen molar-refractivity contribution in [2.75, 3.05) is 10.6 Å². The molecule has 10 nitrogen and oxygen atoms in total. The molecule has 3 heterocycles. The Balaban J connectivity index is 1.42. The second-order valence-electron chi connectivity index (χ2n) is 11.0. The molecule has 0 atom stereocenters. The van der Waals surface area contributed by atoms with E-state index in [1.807, 2.05) is 71.9 Å². The van der Waals surface area contributed by atoms with Gasteiger partial charge in [-0.2, -0.15) is 5.10 Å². The van der Waals surface area contributed by atoms with Crippen molar-refractivity contribution in [3.05, 3.63) is 65.2 Å². The predicted molar refractivity (Wildman–Crippen MR) is 144 cm³/mol. The van der Waals surface area contributed by atoms with Crippen LogP contribution < -0.4 is 21.3 Å². The molecule has 3 aromatic rings. The molecule has 3 aromatic heterocycles. The van der Waals surface area contributed by atoms with E-state index >= 15 is 0 Å². The summed E-state index contributed by atoms with van der Waals surface area (Å²) in [6, 6.07) is 13.2. The second-order valence-corrected chi connectivity index (χ2v) is 11.0. The van der Waals surface area contributed by atoms with Crippen molar-refractivity contribution in [1.82, 2.24) is 30.8 Å². The predicted octanol–water partition coefficient (Wildman–Crippen LogP) is 3.75. The Bertz CT molecular complexity index is 1120. The summed E-state index contributed by atoms with van der Waals surface area (Å²) in [4.78, 5) is 33.4. The fraction of sp³-hybridized carbons (Fsp3) is 0.444. The molecule has 0 aliphatic rings. The number of carbonyl (C=O) groups is 2.